The van der Waals surface area contributed by atoms with Crippen molar-refractivity contribution in [3.05, 3.63) is 76.2 Å². The molecule has 136 valence electrons. The molecule has 2 aromatic heterocycles. The standard InChI is InChI=1S/C20H17N3O2S2/c1-24-17-10-6-5-9-16(17)19-22-23-20(25-19)27-13-15-12-26-18(21-15)11-14-7-3-2-4-8-14/h2-10,12H,11,13H2,1H3. The van der Waals surface area contributed by atoms with Gasteiger partial charge in [0.2, 0.25) is 0 Å². The van der Waals surface area contributed by atoms with Gasteiger partial charge in [-0.3, -0.25) is 0 Å². The van der Waals surface area contributed by atoms with Gasteiger partial charge in [0.15, 0.2) is 0 Å². The summed E-state index contributed by atoms with van der Waals surface area (Å²) < 4.78 is 11.1. The van der Waals surface area contributed by atoms with Gasteiger partial charge in [-0.15, -0.1) is 21.5 Å². The van der Waals surface area contributed by atoms with Gasteiger partial charge in [0.05, 0.1) is 23.4 Å². The van der Waals surface area contributed by atoms with Gasteiger partial charge in [0.25, 0.3) is 11.1 Å². The van der Waals surface area contributed by atoms with Crippen LogP contribution in [-0.2, 0) is 12.2 Å². The maximum absolute atomic E-state index is 5.77. The van der Waals surface area contributed by atoms with Crippen LogP contribution in [0, 0.1) is 0 Å². The quantitative estimate of drug-likeness (QED) is 0.407. The Morgan fingerprint density at radius 3 is 2.70 bits per heavy atom. The van der Waals surface area contributed by atoms with Crippen LogP contribution < -0.4 is 4.74 Å². The minimum atomic E-state index is 0.456. The lowest BCUT2D eigenvalue weighted by Crippen LogP contribution is -1.88. The highest BCUT2D eigenvalue weighted by molar-refractivity contribution is 7.98. The molecular formula is C20H17N3O2S2. The zero-order valence-corrected chi connectivity index (χ0v) is 16.3. The summed E-state index contributed by atoms with van der Waals surface area (Å²) in [6.45, 7) is 0. The first kappa shape index (κ1) is 17.8. The topological polar surface area (TPSA) is 61.0 Å². The van der Waals surface area contributed by atoms with Gasteiger partial charge in [0, 0.05) is 17.6 Å². The molecule has 27 heavy (non-hydrogen) atoms. The molecule has 0 atom stereocenters. The van der Waals surface area contributed by atoms with Crippen LogP contribution in [0.3, 0.4) is 0 Å². The monoisotopic (exact) mass is 395 g/mol. The lowest BCUT2D eigenvalue weighted by atomic mass is 10.2. The fourth-order valence-electron chi connectivity index (χ4n) is 2.60. The van der Waals surface area contributed by atoms with E-state index in [0.29, 0.717) is 22.6 Å². The number of benzene rings is 2. The van der Waals surface area contributed by atoms with Gasteiger partial charge < -0.3 is 9.15 Å². The average Bonchev–Trinajstić information content (AvgIpc) is 3.36. The molecule has 4 rings (SSSR count). The normalized spacial score (nSPS) is 10.9. The minimum absolute atomic E-state index is 0.456. The van der Waals surface area contributed by atoms with Crippen molar-refractivity contribution < 1.29 is 9.15 Å². The van der Waals surface area contributed by atoms with E-state index in [1.165, 1.54) is 17.3 Å². The van der Waals surface area contributed by atoms with E-state index in [-0.39, 0.29) is 0 Å². The third kappa shape index (κ3) is 4.37. The van der Waals surface area contributed by atoms with Crippen LogP contribution in [0.5, 0.6) is 5.75 Å². The Bertz CT molecular complexity index is 1010. The molecule has 0 aliphatic carbocycles. The Morgan fingerprint density at radius 2 is 1.85 bits per heavy atom. The Balaban J connectivity index is 1.39. The molecule has 0 aliphatic rings. The van der Waals surface area contributed by atoms with Crippen molar-refractivity contribution in [2.24, 2.45) is 0 Å². The van der Waals surface area contributed by atoms with Crippen LogP contribution in [0.2, 0.25) is 0 Å². The molecule has 0 saturated carbocycles. The van der Waals surface area contributed by atoms with E-state index in [9.17, 15) is 0 Å². The van der Waals surface area contributed by atoms with Crippen LogP contribution in [0.15, 0.2) is 69.6 Å². The molecule has 0 fully saturated rings. The van der Waals surface area contributed by atoms with Gasteiger partial charge in [-0.2, -0.15) is 0 Å². The number of ether oxygens (including phenoxy) is 1. The predicted molar refractivity (Wildman–Crippen MR) is 107 cm³/mol. The average molecular weight is 396 g/mol. The van der Waals surface area contributed by atoms with Gasteiger partial charge in [-0.05, 0) is 17.7 Å². The van der Waals surface area contributed by atoms with Gasteiger partial charge >= 0.3 is 0 Å². The van der Waals surface area contributed by atoms with Crippen LogP contribution >= 0.6 is 23.1 Å². The third-order valence-corrected chi connectivity index (χ3v) is 5.63. The molecule has 0 saturated heterocycles. The van der Waals surface area contributed by atoms with Crippen LogP contribution in [0.25, 0.3) is 11.5 Å². The van der Waals surface area contributed by atoms with Crippen molar-refractivity contribution in [1.29, 1.82) is 0 Å². The minimum Gasteiger partial charge on any atom is -0.496 e. The Labute approximate surface area is 165 Å². The second-order valence-electron chi connectivity index (χ2n) is 5.76. The number of aromatic nitrogens is 3. The van der Waals surface area contributed by atoms with Crippen molar-refractivity contribution in [3.63, 3.8) is 0 Å². The van der Waals surface area contributed by atoms with E-state index in [2.05, 4.69) is 39.8 Å². The molecule has 0 N–H and O–H groups in total. The summed E-state index contributed by atoms with van der Waals surface area (Å²) in [5, 5.41) is 12.0. The summed E-state index contributed by atoms with van der Waals surface area (Å²) in [6.07, 6.45) is 0.856. The molecule has 0 radical (unpaired) electrons. The number of rotatable bonds is 7. The summed E-state index contributed by atoms with van der Waals surface area (Å²) in [7, 11) is 1.63. The van der Waals surface area contributed by atoms with E-state index in [1.807, 2.05) is 30.3 Å². The third-order valence-electron chi connectivity index (χ3n) is 3.88. The molecule has 2 heterocycles. The highest BCUT2D eigenvalue weighted by Gasteiger charge is 2.14. The van der Waals surface area contributed by atoms with Crippen molar-refractivity contribution >= 4 is 23.1 Å². The van der Waals surface area contributed by atoms with Crippen molar-refractivity contribution in [3.8, 4) is 17.2 Å². The molecule has 7 heteroatoms. The molecule has 0 aliphatic heterocycles. The summed E-state index contributed by atoms with van der Waals surface area (Å²) in [5.41, 5.74) is 3.08. The summed E-state index contributed by atoms with van der Waals surface area (Å²) in [6, 6.07) is 18.0. The molecule has 2 aromatic carbocycles. The van der Waals surface area contributed by atoms with Gasteiger partial charge in [-0.25, -0.2) is 4.98 Å². The number of hydrogen-bond donors (Lipinski definition) is 0. The zero-order chi connectivity index (χ0) is 18.5. The number of para-hydroxylation sites is 1. The smallest absolute Gasteiger partial charge is 0.277 e. The zero-order valence-electron chi connectivity index (χ0n) is 14.7. The highest BCUT2D eigenvalue weighted by atomic mass is 32.2. The number of methoxy groups -OCH3 is 1. The first-order chi connectivity index (χ1) is 13.3. The van der Waals surface area contributed by atoms with E-state index in [4.69, 9.17) is 14.1 Å². The lowest BCUT2D eigenvalue weighted by molar-refractivity contribution is 0.411. The predicted octanol–water partition coefficient (Wildman–Crippen LogP) is 5.08. The second-order valence-corrected chi connectivity index (χ2v) is 7.63. The SMILES string of the molecule is COc1ccccc1-c1nnc(SCc2csc(Cc3ccccc3)n2)o1. The Kier molecular flexibility index (Phi) is 5.50. The second kappa shape index (κ2) is 8.37. The van der Waals surface area contributed by atoms with Crippen molar-refractivity contribution in [2.75, 3.05) is 7.11 Å². The van der Waals surface area contributed by atoms with E-state index in [1.54, 1.807) is 18.4 Å². The highest BCUT2D eigenvalue weighted by Crippen LogP contribution is 2.31. The van der Waals surface area contributed by atoms with E-state index < -0.39 is 0 Å². The fraction of sp³-hybridized carbons (Fsp3) is 0.150. The summed E-state index contributed by atoms with van der Waals surface area (Å²) in [4.78, 5) is 4.70. The number of hydrogen-bond acceptors (Lipinski definition) is 7. The molecule has 0 spiro atoms. The van der Waals surface area contributed by atoms with Crippen LogP contribution in [-0.4, -0.2) is 22.3 Å². The summed E-state index contributed by atoms with van der Waals surface area (Å²) >= 11 is 3.16. The molecule has 4 aromatic rings. The maximum Gasteiger partial charge on any atom is 0.277 e. The van der Waals surface area contributed by atoms with Crippen molar-refractivity contribution in [2.45, 2.75) is 17.4 Å². The van der Waals surface area contributed by atoms with Crippen LogP contribution in [0.4, 0.5) is 0 Å². The molecule has 0 bridgehead atoms. The molecule has 0 unspecified atom stereocenters. The molecule has 5 nitrogen and oxygen atoms in total. The first-order valence-electron chi connectivity index (χ1n) is 8.39. The number of nitrogens with zero attached hydrogens (tertiary/aromatic N) is 3. The Morgan fingerprint density at radius 1 is 1.04 bits per heavy atom. The van der Waals surface area contributed by atoms with Crippen molar-refractivity contribution in [1.82, 2.24) is 15.2 Å². The lowest BCUT2D eigenvalue weighted by Gasteiger charge is -2.03. The molecule has 0 amide bonds. The first-order valence-corrected chi connectivity index (χ1v) is 10.3. The van der Waals surface area contributed by atoms with Gasteiger partial charge in [-0.1, -0.05) is 54.2 Å². The molecular weight excluding hydrogens is 378 g/mol. The Hall–Kier alpha value is -2.64. The number of thioether (sulfide) groups is 1. The maximum atomic E-state index is 5.77. The van der Waals surface area contributed by atoms with E-state index >= 15 is 0 Å². The number of thiazole rings is 1. The van der Waals surface area contributed by atoms with Gasteiger partial charge in [0.1, 0.15) is 5.75 Å². The largest absolute Gasteiger partial charge is 0.496 e. The van der Waals surface area contributed by atoms with Crippen LogP contribution in [0.1, 0.15) is 16.3 Å². The fourth-order valence-corrected chi connectivity index (χ4v) is 4.19. The summed E-state index contributed by atoms with van der Waals surface area (Å²) in [5.74, 6) is 1.86. The van der Waals surface area contributed by atoms with E-state index in [0.717, 1.165) is 22.7 Å².